The van der Waals surface area contributed by atoms with Gasteiger partial charge in [-0.1, -0.05) is 12.1 Å². The van der Waals surface area contributed by atoms with Crippen LogP contribution in [0.3, 0.4) is 0 Å². The Kier molecular flexibility index (Phi) is 6.67. The normalized spacial score (nSPS) is 25.7. The van der Waals surface area contributed by atoms with E-state index in [1.54, 1.807) is 0 Å². The summed E-state index contributed by atoms with van der Waals surface area (Å²) in [7, 11) is 0. The van der Waals surface area contributed by atoms with Crippen LogP contribution < -0.4 is 10.1 Å². The van der Waals surface area contributed by atoms with E-state index in [1.165, 1.54) is 12.5 Å². The standard InChI is InChI=1S/C20H27N3O4/c1-16(24)22-12-19-6-7-20(27-19)14-23(9-11-25-15-20)13-17-2-4-18(5-3-17)26-10-8-21/h2-5,19H,6-7,9-15H2,1H3,(H,22,24)/t19-,20-/m0/s1. The summed E-state index contributed by atoms with van der Waals surface area (Å²) in [6.07, 6.45) is 1.92. The van der Waals surface area contributed by atoms with Gasteiger partial charge in [-0.25, -0.2) is 0 Å². The van der Waals surface area contributed by atoms with Gasteiger partial charge >= 0.3 is 0 Å². The van der Waals surface area contributed by atoms with E-state index in [0.717, 1.165) is 32.5 Å². The molecule has 2 aliphatic rings. The highest BCUT2D eigenvalue weighted by molar-refractivity contribution is 5.72. The number of hydrogen-bond acceptors (Lipinski definition) is 6. The van der Waals surface area contributed by atoms with Crippen LogP contribution in [0.1, 0.15) is 25.3 Å². The first-order chi connectivity index (χ1) is 13.1. The molecule has 1 amide bonds. The fourth-order valence-corrected chi connectivity index (χ4v) is 3.70. The third-order valence-corrected chi connectivity index (χ3v) is 4.98. The number of carbonyl (C=O) groups excluding carboxylic acids is 1. The summed E-state index contributed by atoms with van der Waals surface area (Å²) in [6, 6.07) is 9.81. The molecule has 0 saturated carbocycles. The summed E-state index contributed by atoms with van der Waals surface area (Å²) < 4.78 is 17.5. The minimum Gasteiger partial charge on any atom is -0.479 e. The van der Waals surface area contributed by atoms with Crippen LogP contribution in [0, 0.1) is 11.3 Å². The molecule has 3 rings (SSSR count). The van der Waals surface area contributed by atoms with Gasteiger partial charge in [0.2, 0.25) is 5.91 Å². The molecule has 7 heteroatoms. The zero-order valence-corrected chi connectivity index (χ0v) is 15.8. The Morgan fingerprint density at radius 3 is 3.00 bits per heavy atom. The van der Waals surface area contributed by atoms with E-state index >= 15 is 0 Å². The number of nitrogens with zero attached hydrogens (tertiary/aromatic N) is 2. The lowest BCUT2D eigenvalue weighted by Gasteiger charge is -2.32. The summed E-state index contributed by atoms with van der Waals surface area (Å²) in [4.78, 5) is 13.5. The minimum absolute atomic E-state index is 0.0273. The molecule has 0 radical (unpaired) electrons. The zero-order chi connectivity index (χ0) is 19.1. The third-order valence-electron chi connectivity index (χ3n) is 4.98. The van der Waals surface area contributed by atoms with Crippen molar-refractivity contribution in [1.82, 2.24) is 10.2 Å². The van der Waals surface area contributed by atoms with Crippen molar-refractivity contribution in [2.75, 3.05) is 39.5 Å². The molecule has 2 atom stereocenters. The first-order valence-corrected chi connectivity index (χ1v) is 9.40. The number of nitrogens with one attached hydrogen (secondary N) is 1. The molecular formula is C20H27N3O4. The van der Waals surface area contributed by atoms with Crippen molar-refractivity contribution < 1.29 is 19.0 Å². The Hall–Kier alpha value is -2.14. The predicted molar refractivity (Wildman–Crippen MR) is 99.2 cm³/mol. The second kappa shape index (κ2) is 9.18. The van der Waals surface area contributed by atoms with Crippen molar-refractivity contribution in [3.8, 4) is 11.8 Å². The maximum absolute atomic E-state index is 11.1. The van der Waals surface area contributed by atoms with Gasteiger partial charge in [-0.05, 0) is 30.5 Å². The lowest BCUT2D eigenvalue weighted by Crippen LogP contribution is -2.45. The van der Waals surface area contributed by atoms with Crippen LogP contribution >= 0.6 is 0 Å². The molecule has 0 bridgehead atoms. The van der Waals surface area contributed by atoms with Gasteiger partial charge in [0.15, 0.2) is 6.61 Å². The van der Waals surface area contributed by atoms with E-state index in [4.69, 9.17) is 19.5 Å². The number of benzene rings is 1. The highest BCUT2D eigenvalue weighted by Gasteiger charge is 2.42. The summed E-state index contributed by atoms with van der Waals surface area (Å²) in [5.74, 6) is 0.677. The molecule has 0 aromatic heterocycles. The lowest BCUT2D eigenvalue weighted by molar-refractivity contribution is -0.121. The zero-order valence-electron chi connectivity index (χ0n) is 15.8. The van der Waals surface area contributed by atoms with Crippen LogP contribution in [0.2, 0.25) is 0 Å². The Labute approximate surface area is 160 Å². The van der Waals surface area contributed by atoms with E-state index in [2.05, 4.69) is 10.2 Å². The molecule has 1 spiro atoms. The fraction of sp³-hybridized carbons (Fsp3) is 0.600. The molecule has 2 aliphatic heterocycles. The van der Waals surface area contributed by atoms with Gasteiger partial charge in [0.25, 0.3) is 0 Å². The van der Waals surface area contributed by atoms with Crippen molar-refractivity contribution in [2.45, 2.75) is 38.0 Å². The van der Waals surface area contributed by atoms with Crippen molar-refractivity contribution >= 4 is 5.91 Å². The van der Waals surface area contributed by atoms with Gasteiger partial charge in [0.05, 0.1) is 19.3 Å². The minimum atomic E-state index is -0.296. The number of rotatable bonds is 6. The van der Waals surface area contributed by atoms with Gasteiger partial charge < -0.3 is 19.5 Å². The van der Waals surface area contributed by atoms with Crippen LogP contribution in [-0.4, -0.2) is 62.0 Å². The SMILES string of the molecule is CC(=O)NC[C@@H]1CC[C@]2(COCCN(Cc3ccc(OCC#N)cc3)C2)O1. The second-order valence-corrected chi connectivity index (χ2v) is 7.25. The summed E-state index contributed by atoms with van der Waals surface area (Å²) in [5, 5.41) is 11.4. The van der Waals surface area contributed by atoms with Crippen LogP contribution in [-0.2, 0) is 20.8 Å². The molecule has 1 aromatic rings. The van der Waals surface area contributed by atoms with Crippen LogP contribution in [0.25, 0.3) is 0 Å². The molecule has 1 aromatic carbocycles. The Balaban J connectivity index is 1.57. The van der Waals surface area contributed by atoms with E-state index in [0.29, 0.717) is 25.5 Å². The molecule has 146 valence electrons. The largest absolute Gasteiger partial charge is 0.479 e. The molecule has 0 aliphatic carbocycles. The summed E-state index contributed by atoms with van der Waals surface area (Å²) in [5.41, 5.74) is 0.888. The maximum atomic E-state index is 11.1. The van der Waals surface area contributed by atoms with Crippen molar-refractivity contribution in [3.63, 3.8) is 0 Å². The Morgan fingerprint density at radius 1 is 1.44 bits per heavy atom. The first-order valence-electron chi connectivity index (χ1n) is 9.40. The monoisotopic (exact) mass is 373 g/mol. The van der Waals surface area contributed by atoms with E-state index in [-0.39, 0.29) is 24.2 Å². The van der Waals surface area contributed by atoms with E-state index in [9.17, 15) is 4.79 Å². The molecule has 7 nitrogen and oxygen atoms in total. The number of nitriles is 1. The van der Waals surface area contributed by atoms with Gasteiger partial charge in [-0.3, -0.25) is 9.69 Å². The number of ether oxygens (including phenoxy) is 3. The van der Waals surface area contributed by atoms with Gasteiger partial charge in [0, 0.05) is 33.1 Å². The lowest BCUT2D eigenvalue weighted by atomic mass is 10.00. The molecule has 1 N–H and O–H groups in total. The van der Waals surface area contributed by atoms with Crippen LogP contribution in [0.15, 0.2) is 24.3 Å². The molecular weight excluding hydrogens is 346 g/mol. The van der Waals surface area contributed by atoms with Crippen LogP contribution in [0.5, 0.6) is 5.75 Å². The van der Waals surface area contributed by atoms with Crippen molar-refractivity contribution in [2.24, 2.45) is 0 Å². The van der Waals surface area contributed by atoms with E-state index < -0.39 is 0 Å². The fourth-order valence-electron chi connectivity index (χ4n) is 3.70. The van der Waals surface area contributed by atoms with Crippen molar-refractivity contribution in [1.29, 1.82) is 5.26 Å². The number of amides is 1. The predicted octanol–water partition coefficient (Wildman–Crippen LogP) is 1.48. The Bertz CT molecular complexity index is 673. The third kappa shape index (κ3) is 5.67. The quantitative estimate of drug-likeness (QED) is 0.813. The molecule has 27 heavy (non-hydrogen) atoms. The average molecular weight is 373 g/mol. The number of carbonyl (C=O) groups is 1. The van der Waals surface area contributed by atoms with Crippen LogP contribution in [0.4, 0.5) is 0 Å². The highest BCUT2D eigenvalue weighted by Crippen LogP contribution is 2.33. The second-order valence-electron chi connectivity index (χ2n) is 7.25. The average Bonchev–Trinajstić information content (AvgIpc) is 2.94. The smallest absolute Gasteiger partial charge is 0.216 e. The molecule has 2 heterocycles. The number of hydrogen-bond donors (Lipinski definition) is 1. The summed E-state index contributed by atoms with van der Waals surface area (Å²) >= 11 is 0. The Morgan fingerprint density at radius 2 is 2.26 bits per heavy atom. The van der Waals surface area contributed by atoms with Gasteiger partial charge in [-0.2, -0.15) is 5.26 Å². The topological polar surface area (TPSA) is 83.8 Å². The first kappa shape index (κ1) is 19.6. The molecule has 2 saturated heterocycles. The van der Waals surface area contributed by atoms with Gasteiger partial charge in [0.1, 0.15) is 17.4 Å². The summed E-state index contributed by atoms with van der Waals surface area (Å²) in [6.45, 7) is 5.90. The maximum Gasteiger partial charge on any atom is 0.216 e. The highest BCUT2D eigenvalue weighted by atomic mass is 16.6. The molecule has 2 fully saturated rings. The van der Waals surface area contributed by atoms with Crippen molar-refractivity contribution in [3.05, 3.63) is 29.8 Å². The van der Waals surface area contributed by atoms with E-state index in [1.807, 2.05) is 30.3 Å². The molecule has 0 unspecified atom stereocenters. The van der Waals surface area contributed by atoms with Gasteiger partial charge in [-0.15, -0.1) is 0 Å².